The monoisotopic (exact) mass is 449 g/mol. The first kappa shape index (κ1) is 24.4. The van der Waals surface area contributed by atoms with E-state index in [0.29, 0.717) is 26.1 Å². The average Bonchev–Trinajstić information content (AvgIpc) is 3.01. The first-order valence-electron chi connectivity index (χ1n) is 11.4. The summed E-state index contributed by atoms with van der Waals surface area (Å²) in [5, 5.41) is 22.9. The van der Waals surface area contributed by atoms with E-state index in [0.717, 1.165) is 6.42 Å². The second kappa shape index (κ2) is 9.33. The van der Waals surface area contributed by atoms with Gasteiger partial charge in [-0.15, -0.1) is 0 Å². The molecule has 0 unspecified atom stereocenters. The maximum atomic E-state index is 13.3. The van der Waals surface area contributed by atoms with Crippen LogP contribution in [0.5, 0.6) is 0 Å². The number of nitrogens with zero attached hydrogens (tertiary/aromatic N) is 1. The third kappa shape index (κ3) is 3.56. The number of Topliss-reactive ketones (excluding diaryl/α,β-unsaturated/α-hetero) is 1. The van der Waals surface area contributed by atoms with Gasteiger partial charge in [0.1, 0.15) is 11.3 Å². The molecule has 4 atom stereocenters. The highest BCUT2D eigenvalue weighted by Gasteiger charge is 2.69. The summed E-state index contributed by atoms with van der Waals surface area (Å²) < 4.78 is 18.0. The van der Waals surface area contributed by atoms with E-state index in [4.69, 9.17) is 19.6 Å². The van der Waals surface area contributed by atoms with Crippen LogP contribution in [0, 0.1) is 11.3 Å². The van der Waals surface area contributed by atoms with Gasteiger partial charge in [-0.3, -0.25) is 25.2 Å². The molecule has 3 aliphatic rings. The molecular formula is C23H35N3O6. The Morgan fingerprint density at radius 1 is 1.19 bits per heavy atom. The fourth-order valence-corrected chi connectivity index (χ4v) is 5.00. The van der Waals surface area contributed by atoms with E-state index in [2.05, 4.69) is 11.9 Å². The summed E-state index contributed by atoms with van der Waals surface area (Å²) in [5.41, 5.74) is -2.70. The maximum absolute atomic E-state index is 13.3. The summed E-state index contributed by atoms with van der Waals surface area (Å²) in [7, 11) is 0. The second-order valence-electron chi connectivity index (χ2n) is 8.72. The Kier molecular flexibility index (Phi) is 7.12. The zero-order chi connectivity index (χ0) is 23.7. The van der Waals surface area contributed by atoms with Crippen molar-refractivity contribution < 1.29 is 28.9 Å². The van der Waals surface area contributed by atoms with Crippen molar-refractivity contribution in [3.63, 3.8) is 0 Å². The zero-order valence-corrected chi connectivity index (χ0v) is 19.5. The predicted molar refractivity (Wildman–Crippen MR) is 118 cm³/mol. The Hall–Kier alpha value is -2.23. The molecule has 2 saturated heterocycles. The first-order chi connectivity index (χ1) is 15.2. The lowest BCUT2D eigenvalue weighted by molar-refractivity contribution is -0.169. The van der Waals surface area contributed by atoms with Crippen molar-refractivity contribution in [2.75, 3.05) is 26.4 Å². The van der Waals surface area contributed by atoms with Gasteiger partial charge in [0.05, 0.1) is 30.6 Å². The quantitative estimate of drug-likeness (QED) is 0.344. The molecule has 0 aromatic heterocycles. The van der Waals surface area contributed by atoms with Gasteiger partial charge in [0.15, 0.2) is 11.4 Å². The summed E-state index contributed by atoms with van der Waals surface area (Å²) in [6.07, 6.45) is 1.29. The lowest BCUT2D eigenvalue weighted by Gasteiger charge is -2.56. The Bertz CT molecular complexity index is 840. The largest absolute Gasteiger partial charge is 0.494 e. The lowest BCUT2D eigenvalue weighted by Crippen LogP contribution is -2.73. The number of ether oxygens (including phenoxy) is 3. The molecule has 0 radical (unpaired) electrons. The fourth-order valence-electron chi connectivity index (χ4n) is 5.00. The van der Waals surface area contributed by atoms with Gasteiger partial charge < -0.3 is 19.3 Å². The summed E-state index contributed by atoms with van der Waals surface area (Å²) in [5.74, 6) is -1.58. The van der Waals surface area contributed by atoms with Crippen molar-refractivity contribution in [1.29, 1.82) is 5.41 Å². The number of carbonyl (C=O) groups excluding carboxylic acids is 2. The van der Waals surface area contributed by atoms with Crippen LogP contribution >= 0.6 is 0 Å². The van der Waals surface area contributed by atoms with Crippen LogP contribution < -0.4 is 5.32 Å². The number of carbonyl (C=O) groups is 2. The molecule has 9 heteroatoms. The fraction of sp³-hybridized carbons (Fsp3) is 0.696. The minimum absolute atomic E-state index is 0.0771. The molecule has 1 aliphatic carbocycles. The highest BCUT2D eigenvalue weighted by atomic mass is 16.5. The molecule has 0 bridgehead atoms. The molecule has 9 nitrogen and oxygen atoms in total. The van der Waals surface area contributed by atoms with E-state index in [9.17, 15) is 14.7 Å². The number of allylic oxidation sites excluding steroid dienone is 1. The normalized spacial score (nSPS) is 32.2. The average molecular weight is 450 g/mol. The molecule has 3 N–H and O–H groups in total. The number of amides is 1. The van der Waals surface area contributed by atoms with Crippen molar-refractivity contribution >= 4 is 17.6 Å². The summed E-state index contributed by atoms with van der Waals surface area (Å²) in [4.78, 5) is 27.7. The minimum atomic E-state index is -1.64. The van der Waals surface area contributed by atoms with E-state index >= 15 is 0 Å². The van der Waals surface area contributed by atoms with Gasteiger partial charge in [-0.05, 0) is 19.3 Å². The smallest absolute Gasteiger partial charge is 0.259 e. The minimum Gasteiger partial charge on any atom is -0.494 e. The van der Waals surface area contributed by atoms with Crippen molar-refractivity contribution in [2.45, 2.75) is 70.6 Å². The van der Waals surface area contributed by atoms with Crippen LogP contribution in [0.15, 0.2) is 23.6 Å². The summed E-state index contributed by atoms with van der Waals surface area (Å²) >= 11 is 0. The van der Waals surface area contributed by atoms with Crippen molar-refractivity contribution in [3.8, 4) is 0 Å². The van der Waals surface area contributed by atoms with E-state index in [1.165, 1.54) is 4.90 Å². The molecular weight excluding hydrogens is 414 g/mol. The van der Waals surface area contributed by atoms with Gasteiger partial charge in [0.25, 0.3) is 5.91 Å². The van der Waals surface area contributed by atoms with E-state index in [1.54, 1.807) is 0 Å². The van der Waals surface area contributed by atoms with Gasteiger partial charge in [0.2, 0.25) is 5.96 Å². The van der Waals surface area contributed by atoms with E-state index in [1.807, 2.05) is 27.7 Å². The van der Waals surface area contributed by atoms with Crippen LogP contribution in [0.25, 0.3) is 0 Å². The van der Waals surface area contributed by atoms with E-state index in [-0.39, 0.29) is 48.4 Å². The first-order valence-corrected chi connectivity index (χ1v) is 11.4. The van der Waals surface area contributed by atoms with Gasteiger partial charge in [-0.25, -0.2) is 0 Å². The third-order valence-electron chi connectivity index (χ3n) is 6.46. The molecule has 0 saturated carbocycles. The van der Waals surface area contributed by atoms with Gasteiger partial charge in [-0.1, -0.05) is 34.3 Å². The molecule has 0 aromatic carbocycles. The highest BCUT2D eigenvalue weighted by molar-refractivity contribution is 6.16. The Morgan fingerprint density at radius 2 is 1.84 bits per heavy atom. The second-order valence-corrected chi connectivity index (χ2v) is 8.72. The predicted octanol–water partition coefficient (Wildman–Crippen LogP) is 1.86. The van der Waals surface area contributed by atoms with Crippen LogP contribution in [-0.4, -0.2) is 71.3 Å². The van der Waals surface area contributed by atoms with Gasteiger partial charge in [-0.2, -0.15) is 0 Å². The number of rotatable bonds is 10. The van der Waals surface area contributed by atoms with Gasteiger partial charge >= 0.3 is 0 Å². The Morgan fingerprint density at radius 3 is 2.47 bits per heavy atom. The number of hydrogen-bond donors (Lipinski definition) is 3. The van der Waals surface area contributed by atoms with Crippen molar-refractivity contribution in [2.24, 2.45) is 5.92 Å². The Balaban J connectivity index is 2.29. The summed E-state index contributed by atoms with van der Waals surface area (Å²) in [6, 6.07) is 0. The van der Waals surface area contributed by atoms with Crippen molar-refractivity contribution in [1.82, 2.24) is 10.2 Å². The molecule has 178 valence electrons. The van der Waals surface area contributed by atoms with E-state index < -0.39 is 29.1 Å². The molecule has 3 rings (SSSR count). The van der Waals surface area contributed by atoms with Crippen molar-refractivity contribution in [3.05, 3.63) is 23.6 Å². The van der Waals surface area contributed by atoms with Crippen LogP contribution in [0.4, 0.5) is 0 Å². The zero-order valence-electron chi connectivity index (χ0n) is 19.5. The van der Waals surface area contributed by atoms with Crippen LogP contribution in [-0.2, 0) is 23.8 Å². The molecule has 32 heavy (non-hydrogen) atoms. The number of guanidine groups is 1. The number of nitrogens with one attached hydrogen (secondary N) is 2. The van der Waals surface area contributed by atoms with Crippen LogP contribution in [0.3, 0.4) is 0 Å². The molecule has 2 fully saturated rings. The Labute approximate surface area is 189 Å². The maximum Gasteiger partial charge on any atom is 0.259 e. The standard InChI is InChI=1S/C23H35N3O6/c1-6-9-30-13-23(29)14(4)18(31-10-7-2)22-12-16(27)15(5)26(22)21(24)25-20(28)17(22)19(23)32-11-8-3/h14,18,29H,5-13H2,1-4H3,(H2,24,25,28)/t14-,18+,22+,23+/m0/s1. The molecule has 2 heterocycles. The molecule has 1 amide bonds. The van der Waals surface area contributed by atoms with Crippen LogP contribution in [0.1, 0.15) is 53.4 Å². The topological polar surface area (TPSA) is 121 Å². The SMILES string of the molecule is C=C1C(=O)C[C@@]23C(=C(OCCC)[C@@](O)(COCCC)[C@@H](C)[C@H]2OCCC)C(=O)NC(=N)N13. The number of ketones is 1. The highest BCUT2D eigenvalue weighted by Crippen LogP contribution is 2.54. The molecule has 0 aromatic rings. The number of aliphatic hydroxyl groups is 1. The number of hydrogen-bond acceptors (Lipinski definition) is 7. The van der Waals surface area contributed by atoms with Gasteiger partial charge in [0, 0.05) is 25.6 Å². The molecule has 1 spiro atoms. The third-order valence-corrected chi connectivity index (χ3v) is 6.46. The lowest BCUT2D eigenvalue weighted by atomic mass is 9.63. The summed E-state index contributed by atoms with van der Waals surface area (Å²) in [6.45, 7) is 12.6. The molecule has 2 aliphatic heterocycles. The van der Waals surface area contributed by atoms with Crippen LogP contribution in [0.2, 0.25) is 0 Å².